The van der Waals surface area contributed by atoms with E-state index >= 15 is 0 Å². The molecule has 2 N–H and O–H groups in total. The van der Waals surface area contributed by atoms with E-state index in [1.165, 1.54) is 21.5 Å². The van der Waals surface area contributed by atoms with E-state index in [1.807, 2.05) is 12.1 Å². The third-order valence-corrected chi connectivity index (χ3v) is 7.84. The summed E-state index contributed by atoms with van der Waals surface area (Å²) in [6.45, 7) is 0.523. The normalized spacial score (nSPS) is 14.1. The third-order valence-electron chi connectivity index (χ3n) is 7.84. The number of nitrogens with two attached hydrogens (primary N) is 1. The number of fused-ring (bicyclic) bond motifs is 2. The number of hydrogen-bond donors (Lipinski definition) is 1. The number of aromatic nitrogens is 4. The molecule has 4 aromatic rings. The predicted molar refractivity (Wildman–Crippen MR) is 163 cm³/mol. The standard InChI is InChI=1S/C15H14F3N3O2.C15H16F3N3.2CH4/c16-15(17,18)14-12-3-1-2-4-13(12)20(19-14)9-10-5-7-11(8-6-10)21(22)23;16-15(17,18)14-12-3-1-2-4-13(12)21(20-14)9-10-5-7-11(19)8-6-10;;/h5-8H,1-4,9H2;5-8H,1-4,9,19H2;2*1H4. The number of nitrogens with zero attached hydrogens (tertiary/aromatic N) is 5. The molecule has 0 spiro atoms. The fourth-order valence-corrected chi connectivity index (χ4v) is 5.75. The average molecular weight is 653 g/mol. The van der Waals surface area contributed by atoms with Crippen LogP contribution in [0.25, 0.3) is 0 Å². The van der Waals surface area contributed by atoms with Gasteiger partial charge in [-0.2, -0.15) is 36.5 Å². The largest absolute Gasteiger partial charge is 0.435 e. The Balaban J connectivity index is 0.000000241. The summed E-state index contributed by atoms with van der Waals surface area (Å²) in [5, 5.41) is 18.3. The second-order valence-electron chi connectivity index (χ2n) is 10.9. The number of alkyl halides is 6. The minimum Gasteiger partial charge on any atom is -0.399 e. The predicted octanol–water partition coefficient (Wildman–Crippen LogP) is 8.42. The van der Waals surface area contributed by atoms with Crippen molar-refractivity contribution in [3.05, 3.63) is 104 Å². The topological polar surface area (TPSA) is 105 Å². The molecule has 2 heterocycles. The van der Waals surface area contributed by atoms with Crippen LogP contribution in [0.15, 0.2) is 48.5 Å². The number of nitrogen functional groups attached to an aromatic ring is 1. The Hall–Kier alpha value is -4.36. The van der Waals surface area contributed by atoms with Crippen molar-refractivity contribution in [3.8, 4) is 0 Å². The van der Waals surface area contributed by atoms with Gasteiger partial charge in [-0.1, -0.05) is 39.1 Å². The number of benzene rings is 2. The number of hydrogen-bond acceptors (Lipinski definition) is 5. The highest BCUT2D eigenvalue weighted by atomic mass is 19.4. The second-order valence-corrected chi connectivity index (χ2v) is 10.9. The maximum Gasteiger partial charge on any atom is 0.435 e. The van der Waals surface area contributed by atoms with Gasteiger partial charge in [0.15, 0.2) is 11.4 Å². The fourth-order valence-electron chi connectivity index (χ4n) is 5.75. The van der Waals surface area contributed by atoms with Crippen molar-refractivity contribution in [1.29, 1.82) is 0 Å². The zero-order valence-electron chi connectivity index (χ0n) is 23.6. The van der Waals surface area contributed by atoms with Crippen molar-refractivity contribution < 1.29 is 31.3 Å². The van der Waals surface area contributed by atoms with E-state index in [0.29, 0.717) is 60.3 Å². The zero-order chi connectivity index (χ0) is 31.6. The van der Waals surface area contributed by atoms with E-state index in [1.54, 1.807) is 24.3 Å². The Morgan fingerprint density at radius 2 is 1.04 bits per heavy atom. The van der Waals surface area contributed by atoms with E-state index < -0.39 is 28.7 Å². The highest BCUT2D eigenvalue weighted by Gasteiger charge is 2.40. The van der Waals surface area contributed by atoms with Gasteiger partial charge in [-0.3, -0.25) is 19.5 Å². The summed E-state index contributed by atoms with van der Waals surface area (Å²) >= 11 is 0. The molecule has 0 bridgehead atoms. The molecule has 46 heavy (non-hydrogen) atoms. The quantitative estimate of drug-likeness (QED) is 0.101. The number of nitro benzene ring substituents is 1. The lowest BCUT2D eigenvalue weighted by Gasteiger charge is -2.14. The van der Waals surface area contributed by atoms with Crippen molar-refractivity contribution in [2.45, 2.75) is 91.7 Å². The summed E-state index contributed by atoms with van der Waals surface area (Å²) in [7, 11) is 0. The summed E-state index contributed by atoms with van der Waals surface area (Å²) in [5.41, 5.74) is 8.30. The molecule has 2 aromatic heterocycles. The van der Waals surface area contributed by atoms with Crippen LogP contribution in [0.2, 0.25) is 0 Å². The lowest BCUT2D eigenvalue weighted by molar-refractivity contribution is -0.384. The van der Waals surface area contributed by atoms with Crippen molar-refractivity contribution in [3.63, 3.8) is 0 Å². The number of halogens is 6. The Morgan fingerprint density at radius 3 is 1.41 bits per heavy atom. The lowest BCUT2D eigenvalue weighted by atomic mass is 9.95. The van der Waals surface area contributed by atoms with Gasteiger partial charge in [0.2, 0.25) is 0 Å². The van der Waals surface area contributed by atoms with Gasteiger partial charge in [-0.05, 0) is 74.6 Å². The number of anilines is 1. The molecule has 14 heteroatoms. The summed E-state index contributed by atoms with van der Waals surface area (Å²) in [5.74, 6) is 0. The molecule has 0 radical (unpaired) electrons. The van der Waals surface area contributed by atoms with E-state index in [-0.39, 0.29) is 27.1 Å². The van der Waals surface area contributed by atoms with Crippen molar-refractivity contribution >= 4 is 11.4 Å². The highest BCUT2D eigenvalue weighted by molar-refractivity contribution is 5.40. The summed E-state index contributed by atoms with van der Waals surface area (Å²) in [6.07, 6.45) is -3.46. The van der Waals surface area contributed by atoms with Crippen LogP contribution in [-0.2, 0) is 51.1 Å². The number of non-ortho nitro benzene ring substituents is 1. The van der Waals surface area contributed by atoms with Crippen LogP contribution in [0.5, 0.6) is 0 Å². The van der Waals surface area contributed by atoms with Gasteiger partial charge in [-0.15, -0.1) is 0 Å². The molecule has 0 fully saturated rings. The molecule has 2 aliphatic rings. The summed E-state index contributed by atoms with van der Waals surface area (Å²) < 4.78 is 81.5. The van der Waals surface area contributed by atoms with Crippen LogP contribution >= 0.6 is 0 Å². The van der Waals surface area contributed by atoms with Gasteiger partial charge in [0.25, 0.3) is 5.69 Å². The van der Waals surface area contributed by atoms with E-state index in [4.69, 9.17) is 5.73 Å². The minimum absolute atomic E-state index is 0. The Bertz CT molecular complexity index is 1620. The first-order valence-corrected chi connectivity index (χ1v) is 14.2. The average Bonchev–Trinajstić information content (AvgIpc) is 3.54. The number of nitro groups is 1. The second kappa shape index (κ2) is 14.4. The van der Waals surface area contributed by atoms with Crippen LogP contribution in [0.3, 0.4) is 0 Å². The van der Waals surface area contributed by atoms with Crippen LogP contribution in [0.1, 0.15) is 85.6 Å². The van der Waals surface area contributed by atoms with E-state index in [2.05, 4.69) is 10.2 Å². The van der Waals surface area contributed by atoms with Crippen LogP contribution in [0.4, 0.5) is 37.7 Å². The van der Waals surface area contributed by atoms with Crippen LogP contribution in [-0.4, -0.2) is 24.5 Å². The zero-order valence-corrected chi connectivity index (χ0v) is 23.6. The third kappa shape index (κ3) is 8.07. The lowest BCUT2D eigenvalue weighted by Crippen LogP contribution is -2.11. The van der Waals surface area contributed by atoms with Gasteiger partial charge in [0.1, 0.15) is 0 Å². The molecule has 6 rings (SSSR count). The Kier molecular flexibility index (Phi) is 11.3. The molecule has 8 nitrogen and oxygen atoms in total. The monoisotopic (exact) mass is 652 g/mol. The summed E-state index contributed by atoms with van der Waals surface area (Å²) in [4.78, 5) is 10.1. The molecular formula is C32H38F6N6O2. The highest BCUT2D eigenvalue weighted by Crippen LogP contribution is 2.37. The molecule has 0 saturated heterocycles. The Labute approximate surface area is 263 Å². The first kappa shape index (κ1) is 36.1. The Morgan fingerprint density at radius 1 is 0.674 bits per heavy atom. The van der Waals surface area contributed by atoms with Gasteiger partial charge >= 0.3 is 12.4 Å². The van der Waals surface area contributed by atoms with Crippen LogP contribution < -0.4 is 5.73 Å². The van der Waals surface area contributed by atoms with Crippen molar-refractivity contribution in [1.82, 2.24) is 19.6 Å². The molecule has 250 valence electrons. The molecule has 0 atom stereocenters. The first-order valence-electron chi connectivity index (χ1n) is 14.2. The molecule has 0 unspecified atom stereocenters. The smallest absolute Gasteiger partial charge is 0.399 e. The van der Waals surface area contributed by atoms with Crippen molar-refractivity contribution in [2.75, 3.05) is 5.73 Å². The minimum atomic E-state index is -4.46. The van der Waals surface area contributed by atoms with Gasteiger partial charge in [-0.25, -0.2) is 0 Å². The molecule has 2 aromatic carbocycles. The maximum atomic E-state index is 13.1. The molecule has 2 aliphatic carbocycles. The molecular weight excluding hydrogens is 614 g/mol. The van der Waals surface area contributed by atoms with E-state index in [9.17, 15) is 36.5 Å². The first-order chi connectivity index (χ1) is 20.8. The molecule has 0 aliphatic heterocycles. The van der Waals surface area contributed by atoms with Crippen molar-refractivity contribution in [2.24, 2.45) is 0 Å². The van der Waals surface area contributed by atoms with Crippen LogP contribution in [0, 0.1) is 10.1 Å². The molecule has 0 saturated carbocycles. The molecule has 0 amide bonds. The van der Waals surface area contributed by atoms with Gasteiger partial charge in [0, 0.05) is 40.3 Å². The van der Waals surface area contributed by atoms with Gasteiger partial charge < -0.3 is 5.73 Å². The fraction of sp³-hybridized carbons (Fsp3) is 0.438. The number of rotatable bonds is 5. The van der Waals surface area contributed by atoms with Gasteiger partial charge in [0.05, 0.1) is 18.0 Å². The maximum absolute atomic E-state index is 13.1. The van der Waals surface area contributed by atoms with E-state index in [0.717, 1.165) is 36.9 Å². The summed E-state index contributed by atoms with van der Waals surface area (Å²) in [6, 6.07) is 12.9. The SMILES string of the molecule is C.C.Nc1ccc(Cn2nc(C(F)(F)F)c3c2CCCC3)cc1.O=[N+]([O-])c1ccc(Cn2nc(C(F)(F)F)c3c2CCCC3)cc1.